The van der Waals surface area contributed by atoms with Gasteiger partial charge in [0.25, 0.3) is 0 Å². The molecule has 0 unspecified atom stereocenters. The molecule has 0 aliphatic carbocycles. The Morgan fingerprint density at radius 3 is 2.90 bits per heavy atom. The van der Waals surface area contributed by atoms with E-state index in [1.807, 2.05) is 39.0 Å². The van der Waals surface area contributed by atoms with Gasteiger partial charge in [0.2, 0.25) is 0 Å². The van der Waals surface area contributed by atoms with Crippen LogP contribution in [0.3, 0.4) is 0 Å². The summed E-state index contributed by atoms with van der Waals surface area (Å²) in [5, 5.41) is 9.11. The Bertz CT molecular complexity index is 532. The highest BCUT2D eigenvalue weighted by Gasteiger charge is 2.25. The number of aliphatic hydroxyl groups excluding tert-OH is 1. The minimum absolute atomic E-state index is 0.0864. The molecule has 1 aliphatic rings. The normalized spacial score (nSPS) is 15.2. The molecule has 2 rings (SSSR count). The van der Waals surface area contributed by atoms with Crippen LogP contribution in [0.5, 0.6) is 0 Å². The van der Waals surface area contributed by atoms with Crippen LogP contribution in [0.4, 0.5) is 4.79 Å². The van der Waals surface area contributed by atoms with Gasteiger partial charge in [0, 0.05) is 19.3 Å². The lowest BCUT2D eigenvalue weighted by Crippen LogP contribution is -2.35. The number of hydrogen-bond acceptors (Lipinski definition) is 4. The Labute approximate surface area is 118 Å². The first-order chi connectivity index (χ1) is 9.39. The van der Waals surface area contributed by atoms with E-state index in [0.717, 1.165) is 11.1 Å². The van der Waals surface area contributed by atoms with Gasteiger partial charge >= 0.3 is 6.09 Å². The lowest BCUT2D eigenvalue weighted by Gasteiger charge is -2.24. The van der Waals surface area contributed by atoms with Crippen molar-refractivity contribution in [3.05, 3.63) is 35.7 Å². The first kappa shape index (κ1) is 14.5. The quantitative estimate of drug-likeness (QED) is 0.899. The average molecular weight is 276 g/mol. The van der Waals surface area contributed by atoms with Gasteiger partial charge < -0.3 is 14.7 Å². The third kappa shape index (κ3) is 3.57. The number of aliphatic hydroxyl groups is 1. The molecule has 1 aromatic heterocycles. The SMILES string of the molecule is CC(C)(C)OC(=O)N1CC=C(c2ccnc(CO)c2)C1. The highest BCUT2D eigenvalue weighted by Crippen LogP contribution is 2.22. The predicted molar refractivity (Wildman–Crippen MR) is 75.9 cm³/mol. The maximum atomic E-state index is 12.0. The Hall–Kier alpha value is -1.88. The molecule has 0 aromatic carbocycles. The fraction of sp³-hybridized carbons (Fsp3) is 0.467. The van der Waals surface area contributed by atoms with Crippen molar-refractivity contribution in [2.75, 3.05) is 13.1 Å². The number of rotatable bonds is 2. The standard InChI is InChI=1S/C15H20N2O3/c1-15(2,3)20-14(19)17-7-5-12(9-17)11-4-6-16-13(8-11)10-18/h4-6,8,18H,7,9-10H2,1-3H3. The number of aromatic nitrogens is 1. The van der Waals surface area contributed by atoms with E-state index in [9.17, 15) is 4.79 Å². The van der Waals surface area contributed by atoms with Crippen molar-refractivity contribution < 1.29 is 14.6 Å². The Balaban J connectivity index is 2.02. The lowest BCUT2D eigenvalue weighted by molar-refractivity contribution is 0.0306. The second-order valence-corrected chi connectivity index (χ2v) is 5.78. The molecule has 1 aliphatic heterocycles. The predicted octanol–water partition coefficient (Wildman–Crippen LogP) is 2.21. The zero-order valence-electron chi connectivity index (χ0n) is 12.1. The van der Waals surface area contributed by atoms with Gasteiger partial charge in [-0.05, 0) is 44.0 Å². The molecule has 0 radical (unpaired) electrons. The second-order valence-electron chi connectivity index (χ2n) is 5.78. The van der Waals surface area contributed by atoms with E-state index in [-0.39, 0.29) is 12.7 Å². The molecule has 1 aromatic rings. The number of hydrogen-bond donors (Lipinski definition) is 1. The third-order valence-electron chi connectivity index (χ3n) is 2.92. The van der Waals surface area contributed by atoms with E-state index in [4.69, 9.17) is 9.84 Å². The van der Waals surface area contributed by atoms with Crippen molar-refractivity contribution in [3.63, 3.8) is 0 Å². The van der Waals surface area contributed by atoms with Crippen LogP contribution in [0.1, 0.15) is 32.0 Å². The number of pyridine rings is 1. The molecule has 1 amide bonds. The molecule has 2 heterocycles. The Morgan fingerprint density at radius 1 is 1.50 bits per heavy atom. The van der Waals surface area contributed by atoms with Crippen LogP contribution in [-0.4, -0.2) is 39.8 Å². The summed E-state index contributed by atoms with van der Waals surface area (Å²) in [5.74, 6) is 0. The Morgan fingerprint density at radius 2 is 2.25 bits per heavy atom. The van der Waals surface area contributed by atoms with Crippen LogP contribution < -0.4 is 0 Å². The van der Waals surface area contributed by atoms with Gasteiger partial charge in [-0.15, -0.1) is 0 Å². The molecular formula is C15H20N2O3. The fourth-order valence-electron chi connectivity index (χ4n) is 1.99. The number of nitrogens with zero attached hydrogens (tertiary/aromatic N) is 2. The van der Waals surface area contributed by atoms with Crippen LogP contribution in [-0.2, 0) is 11.3 Å². The highest BCUT2D eigenvalue weighted by atomic mass is 16.6. The smallest absolute Gasteiger partial charge is 0.410 e. The summed E-state index contributed by atoms with van der Waals surface area (Å²) >= 11 is 0. The summed E-state index contributed by atoms with van der Waals surface area (Å²) in [6.07, 6.45) is 3.36. The maximum Gasteiger partial charge on any atom is 0.410 e. The van der Waals surface area contributed by atoms with Crippen LogP contribution >= 0.6 is 0 Å². The van der Waals surface area contributed by atoms with Crippen LogP contribution in [0.25, 0.3) is 5.57 Å². The van der Waals surface area contributed by atoms with Gasteiger partial charge in [0.15, 0.2) is 0 Å². The zero-order chi connectivity index (χ0) is 14.8. The minimum Gasteiger partial charge on any atom is -0.444 e. The molecule has 0 saturated heterocycles. The number of amides is 1. The molecule has 20 heavy (non-hydrogen) atoms. The number of ether oxygens (including phenoxy) is 1. The van der Waals surface area contributed by atoms with Crippen molar-refractivity contribution in [1.29, 1.82) is 0 Å². The van der Waals surface area contributed by atoms with Gasteiger partial charge in [0.1, 0.15) is 5.60 Å². The van der Waals surface area contributed by atoms with Crippen molar-refractivity contribution in [2.24, 2.45) is 0 Å². The van der Waals surface area contributed by atoms with Crippen LogP contribution in [0, 0.1) is 0 Å². The van der Waals surface area contributed by atoms with Crippen molar-refractivity contribution >= 4 is 11.7 Å². The largest absolute Gasteiger partial charge is 0.444 e. The van der Waals surface area contributed by atoms with Gasteiger partial charge in [0.05, 0.1) is 12.3 Å². The summed E-state index contributed by atoms with van der Waals surface area (Å²) in [5.41, 5.74) is 2.17. The van der Waals surface area contributed by atoms with Gasteiger partial charge in [-0.1, -0.05) is 6.08 Å². The summed E-state index contributed by atoms with van der Waals surface area (Å²) in [4.78, 5) is 17.7. The molecular weight excluding hydrogens is 256 g/mol. The first-order valence-corrected chi connectivity index (χ1v) is 6.62. The van der Waals surface area contributed by atoms with E-state index in [0.29, 0.717) is 18.8 Å². The molecule has 0 saturated carbocycles. The number of carbonyl (C=O) groups excluding carboxylic acids is 1. The van der Waals surface area contributed by atoms with Crippen LogP contribution in [0.2, 0.25) is 0 Å². The molecule has 0 atom stereocenters. The van der Waals surface area contributed by atoms with Crippen LogP contribution in [0.15, 0.2) is 24.4 Å². The highest BCUT2D eigenvalue weighted by molar-refractivity contribution is 5.77. The number of carbonyl (C=O) groups is 1. The summed E-state index contributed by atoms with van der Waals surface area (Å²) in [6, 6.07) is 3.72. The van der Waals surface area contributed by atoms with Crippen molar-refractivity contribution in [3.8, 4) is 0 Å². The molecule has 5 nitrogen and oxygen atoms in total. The molecule has 5 heteroatoms. The van der Waals surface area contributed by atoms with Gasteiger partial charge in [-0.25, -0.2) is 4.79 Å². The second kappa shape index (κ2) is 5.63. The monoisotopic (exact) mass is 276 g/mol. The zero-order valence-corrected chi connectivity index (χ0v) is 12.1. The summed E-state index contributed by atoms with van der Waals surface area (Å²) < 4.78 is 5.35. The molecule has 108 valence electrons. The van der Waals surface area contributed by atoms with Gasteiger partial charge in [-0.2, -0.15) is 0 Å². The minimum atomic E-state index is -0.486. The maximum absolute atomic E-state index is 12.0. The Kier molecular flexibility index (Phi) is 4.09. The van der Waals surface area contributed by atoms with E-state index in [1.54, 1.807) is 11.1 Å². The van der Waals surface area contributed by atoms with Crippen molar-refractivity contribution in [2.45, 2.75) is 33.0 Å². The topological polar surface area (TPSA) is 62.7 Å². The van der Waals surface area contributed by atoms with Crippen molar-refractivity contribution in [1.82, 2.24) is 9.88 Å². The molecule has 1 N–H and O–H groups in total. The van der Waals surface area contributed by atoms with E-state index >= 15 is 0 Å². The summed E-state index contributed by atoms with van der Waals surface area (Å²) in [7, 11) is 0. The third-order valence-corrected chi connectivity index (χ3v) is 2.92. The van der Waals surface area contributed by atoms with Gasteiger partial charge in [-0.3, -0.25) is 4.98 Å². The fourth-order valence-corrected chi connectivity index (χ4v) is 1.99. The molecule has 0 spiro atoms. The molecule has 0 fully saturated rings. The summed E-state index contributed by atoms with van der Waals surface area (Å²) in [6.45, 7) is 6.53. The average Bonchev–Trinajstić information content (AvgIpc) is 2.86. The van der Waals surface area contributed by atoms with E-state index in [2.05, 4.69) is 4.98 Å². The first-order valence-electron chi connectivity index (χ1n) is 6.62. The van der Waals surface area contributed by atoms with E-state index < -0.39 is 5.60 Å². The van der Waals surface area contributed by atoms with E-state index in [1.165, 1.54) is 0 Å². The lowest BCUT2D eigenvalue weighted by atomic mass is 10.1. The molecule has 0 bridgehead atoms.